The number of amides is 1. The van der Waals surface area contributed by atoms with Crippen LogP contribution in [0, 0.1) is 0 Å². The Bertz CT molecular complexity index is 747. The summed E-state index contributed by atoms with van der Waals surface area (Å²) < 4.78 is 48.8. The summed E-state index contributed by atoms with van der Waals surface area (Å²) in [5.41, 5.74) is -0.394. The minimum Gasteiger partial charge on any atom is -0.457 e. The van der Waals surface area contributed by atoms with Gasteiger partial charge in [0, 0.05) is 32.9 Å². The van der Waals surface area contributed by atoms with Gasteiger partial charge in [-0.1, -0.05) is 12.1 Å². The highest BCUT2D eigenvalue weighted by molar-refractivity contribution is 5.94. The van der Waals surface area contributed by atoms with Gasteiger partial charge in [-0.2, -0.15) is 13.2 Å². The first-order valence-electron chi connectivity index (χ1n) is 8.01. The van der Waals surface area contributed by atoms with Gasteiger partial charge in [0.25, 0.3) is 5.91 Å². The predicted octanol–water partition coefficient (Wildman–Crippen LogP) is 4.61. The van der Waals surface area contributed by atoms with Crippen LogP contribution in [0.4, 0.5) is 13.2 Å². The Morgan fingerprint density at radius 3 is 2.38 bits per heavy atom. The average molecular weight is 367 g/mol. The van der Waals surface area contributed by atoms with Crippen LogP contribution < -0.4 is 4.74 Å². The fourth-order valence-electron chi connectivity index (χ4n) is 2.33. The second kappa shape index (κ2) is 8.71. The molecule has 0 atom stereocenters. The molecule has 0 heterocycles. The lowest BCUT2D eigenvalue weighted by Gasteiger charge is -2.17. The van der Waals surface area contributed by atoms with Crippen LogP contribution in [0.25, 0.3) is 0 Å². The number of carbonyl (C=O) groups is 1. The molecular weight excluding hydrogens is 347 g/mol. The van der Waals surface area contributed by atoms with Gasteiger partial charge < -0.3 is 14.4 Å². The number of rotatable bonds is 7. The molecule has 0 saturated carbocycles. The Balaban J connectivity index is 2.11. The third-order valence-corrected chi connectivity index (χ3v) is 3.67. The Labute approximate surface area is 150 Å². The highest BCUT2D eigenvalue weighted by Crippen LogP contribution is 2.32. The first-order valence-corrected chi connectivity index (χ1v) is 8.01. The van der Waals surface area contributed by atoms with Gasteiger partial charge in [0.1, 0.15) is 11.5 Å². The van der Waals surface area contributed by atoms with E-state index >= 15 is 0 Å². The number of hydrogen-bond donors (Lipinski definition) is 0. The van der Waals surface area contributed by atoms with Gasteiger partial charge in [-0.25, -0.2) is 0 Å². The normalized spacial score (nSPS) is 11.3. The summed E-state index contributed by atoms with van der Waals surface area (Å²) in [6.45, 7) is 1.09. The van der Waals surface area contributed by atoms with E-state index < -0.39 is 11.7 Å². The highest BCUT2D eigenvalue weighted by atomic mass is 19.4. The van der Waals surface area contributed by atoms with E-state index in [0.717, 1.165) is 12.1 Å². The fourth-order valence-corrected chi connectivity index (χ4v) is 2.33. The van der Waals surface area contributed by atoms with Crippen LogP contribution in [0.2, 0.25) is 0 Å². The van der Waals surface area contributed by atoms with Gasteiger partial charge in [-0.15, -0.1) is 0 Å². The average Bonchev–Trinajstić information content (AvgIpc) is 2.61. The van der Waals surface area contributed by atoms with E-state index in [1.165, 1.54) is 18.2 Å². The molecule has 0 aliphatic rings. The second-order valence-corrected chi connectivity index (χ2v) is 5.73. The highest BCUT2D eigenvalue weighted by Gasteiger charge is 2.30. The molecule has 0 fully saturated rings. The minimum atomic E-state index is -4.44. The van der Waals surface area contributed by atoms with E-state index in [2.05, 4.69) is 0 Å². The smallest absolute Gasteiger partial charge is 0.416 e. The van der Waals surface area contributed by atoms with Crippen molar-refractivity contribution in [3.05, 3.63) is 59.7 Å². The van der Waals surface area contributed by atoms with Crippen LogP contribution in [0.1, 0.15) is 22.3 Å². The molecule has 26 heavy (non-hydrogen) atoms. The number of halogens is 3. The predicted molar refractivity (Wildman–Crippen MR) is 91.4 cm³/mol. The minimum absolute atomic E-state index is 0.0536. The molecule has 1 amide bonds. The van der Waals surface area contributed by atoms with E-state index in [9.17, 15) is 18.0 Å². The van der Waals surface area contributed by atoms with Crippen molar-refractivity contribution < 1.29 is 27.4 Å². The van der Waals surface area contributed by atoms with E-state index in [1.54, 1.807) is 37.3 Å². The van der Waals surface area contributed by atoms with E-state index in [1.807, 2.05) is 0 Å². The van der Waals surface area contributed by atoms with Crippen molar-refractivity contribution in [2.75, 3.05) is 27.3 Å². The molecule has 0 aromatic heterocycles. The van der Waals surface area contributed by atoms with Gasteiger partial charge >= 0.3 is 6.18 Å². The Kier molecular flexibility index (Phi) is 6.63. The Morgan fingerprint density at radius 2 is 1.73 bits per heavy atom. The zero-order chi connectivity index (χ0) is 19.2. The maximum atomic E-state index is 12.8. The van der Waals surface area contributed by atoms with E-state index in [0.29, 0.717) is 30.9 Å². The SMILES string of the molecule is COCCCN(C)C(=O)c1cccc(Oc2cccc(C(F)(F)F)c2)c1. The third-order valence-electron chi connectivity index (χ3n) is 3.67. The van der Waals surface area contributed by atoms with Crippen LogP contribution in [-0.2, 0) is 10.9 Å². The maximum Gasteiger partial charge on any atom is 0.416 e. The molecule has 4 nitrogen and oxygen atoms in total. The van der Waals surface area contributed by atoms with Gasteiger partial charge in [0.05, 0.1) is 5.56 Å². The summed E-state index contributed by atoms with van der Waals surface area (Å²) in [7, 11) is 3.27. The van der Waals surface area contributed by atoms with Gasteiger partial charge in [-0.3, -0.25) is 4.79 Å². The summed E-state index contributed by atoms with van der Waals surface area (Å²) in [6, 6.07) is 11.0. The summed E-state index contributed by atoms with van der Waals surface area (Å²) in [4.78, 5) is 14.0. The van der Waals surface area contributed by atoms with Crippen molar-refractivity contribution in [3.8, 4) is 11.5 Å². The second-order valence-electron chi connectivity index (χ2n) is 5.73. The van der Waals surface area contributed by atoms with Crippen LogP contribution in [0.3, 0.4) is 0 Å². The molecule has 0 spiro atoms. The number of carbonyl (C=O) groups excluding carboxylic acids is 1. The molecule has 140 valence electrons. The molecule has 2 aromatic rings. The fraction of sp³-hybridized carbons (Fsp3) is 0.316. The van der Waals surface area contributed by atoms with Crippen molar-refractivity contribution in [2.24, 2.45) is 0 Å². The van der Waals surface area contributed by atoms with Crippen molar-refractivity contribution >= 4 is 5.91 Å². The number of hydrogen-bond acceptors (Lipinski definition) is 3. The van der Waals surface area contributed by atoms with Crippen molar-refractivity contribution in [1.29, 1.82) is 0 Å². The van der Waals surface area contributed by atoms with Gasteiger partial charge in [0.15, 0.2) is 0 Å². The van der Waals surface area contributed by atoms with Crippen molar-refractivity contribution in [1.82, 2.24) is 4.90 Å². The molecule has 2 rings (SSSR count). The molecular formula is C19H20F3NO3. The number of nitrogens with zero attached hydrogens (tertiary/aromatic N) is 1. The molecule has 7 heteroatoms. The quantitative estimate of drug-likeness (QED) is 0.671. The standard InChI is InChI=1S/C19H20F3NO3/c1-23(10-5-11-25-2)18(24)14-6-3-8-16(12-14)26-17-9-4-7-15(13-17)19(20,21)22/h3-4,6-9,12-13H,5,10-11H2,1-2H3. The maximum absolute atomic E-state index is 12.8. The lowest BCUT2D eigenvalue weighted by molar-refractivity contribution is -0.137. The number of ether oxygens (including phenoxy) is 2. The lowest BCUT2D eigenvalue weighted by atomic mass is 10.2. The van der Waals surface area contributed by atoms with Gasteiger partial charge in [-0.05, 0) is 42.8 Å². The summed E-state index contributed by atoms with van der Waals surface area (Å²) in [5.74, 6) is 0.147. The van der Waals surface area contributed by atoms with E-state index in [4.69, 9.17) is 9.47 Å². The topological polar surface area (TPSA) is 38.8 Å². The molecule has 2 aromatic carbocycles. The number of methoxy groups -OCH3 is 1. The molecule has 0 radical (unpaired) electrons. The molecule has 0 unspecified atom stereocenters. The third kappa shape index (κ3) is 5.49. The molecule has 0 aliphatic heterocycles. The zero-order valence-electron chi connectivity index (χ0n) is 14.5. The van der Waals surface area contributed by atoms with Crippen molar-refractivity contribution in [3.63, 3.8) is 0 Å². The molecule has 0 saturated heterocycles. The van der Waals surface area contributed by atoms with Crippen LogP contribution in [-0.4, -0.2) is 38.1 Å². The van der Waals surface area contributed by atoms with Crippen LogP contribution in [0.15, 0.2) is 48.5 Å². The van der Waals surface area contributed by atoms with Crippen LogP contribution in [0.5, 0.6) is 11.5 Å². The first kappa shape index (κ1) is 19.8. The molecule has 0 aliphatic carbocycles. The molecule has 0 bridgehead atoms. The largest absolute Gasteiger partial charge is 0.457 e. The lowest BCUT2D eigenvalue weighted by Crippen LogP contribution is -2.28. The van der Waals surface area contributed by atoms with Gasteiger partial charge in [0.2, 0.25) is 0 Å². The zero-order valence-corrected chi connectivity index (χ0v) is 14.5. The first-order chi connectivity index (χ1) is 12.3. The summed E-state index contributed by atoms with van der Waals surface area (Å²) >= 11 is 0. The Morgan fingerprint density at radius 1 is 1.08 bits per heavy atom. The Hall–Kier alpha value is -2.54. The number of alkyl halides is 3. The van der Waals surface area contributed by atoms with E-state index in [-0.39, 0.29) is 11.7 Å². The van der Waals surface area contributed by atoms with Crippen LogP contribution >= 0.6 is 0 Å². The monoisotopic (exact) mass is 367 g/mol. The van der Waals surface area contributed by atoms with Crippen molar-refractivity contribution in [2.45, 2.75) is 12.6 Å². The molecule has 0 N–H and O–H groups in total. The summed E-state index contributed by atoms with van der Waals surface area (Å²) in [6.07, 6.45) is -3.73. The number of benzene rings is 2. The summed E-state index contributed by atoms with van der Waals surface area (Å²) in [5, 5.41) is 0.